The van der Waals surface area contributed by atoms with Crippen molar-refractivity contribution in [3.63, 3.8) is 0 Å². The van der Waals surface area contributed by atoms with Crippen molar-refractivity contribution < 1.29 is 14.3 Å². The summed E-state index contributed by atoms with van der Waals surface area (Å²) >= 11 is 0. The van der Waals surface area contributed by atoms with Crippen LogP contribution in [0.15, 0.2) is 48.7 Å². The quantitative estimate of drug-likeness (QED) is 0.669. The van der Waals surface area contributed by atoms with Crippen LogP contribution < -0.4 is 5.32 Å². The standard InChI is InChI=1S/C23H25N3O3/c1-3-25-14-18-12-13-26(15-17-6-5-7-20(25)21(17)18)23(28)24-19-10-8-16(9-11-19)22(27)29-4-2/h5-11,14H,3-4,12-13,15H2,1-2H3,(H,24,28). The van der Waals surface area contributed by atoms with Gasteiger partial charge in [0.25, 0.3) is 0 Å². The minimum Gasteiger partial charge on any atom is -0.462 e. The molecule has 2 amide bonds. The molecule has 0 bridgehead atoms. The van der Waals surface area contributed by atoms with Crippen LogP contribution in [0, 0.1) is 0 Å². The number of hydrogen-bond donors (Lipinski definition) is 1. The molecule has 0 radical (unpaired) electrons. The average Bonchev–Trinajstić information content (AvgIpc) is 2.99. The predicted molar refractivity (Wildman–Crippen MR) is 113 cm³/mol. The summed E-state index contributed by atoms with van der Waals surface area (Å²) in [5.41, 5.74) is 4.83. The summed E-state index contributed by atoms with van der Waals surface area (Å²) < 4.78 is 7.26. The van der Waals surface area contributed by atoms with Gasteiger partial charge in [-0.3, -0.25) is 0 Å². The molecule has 1 aliphatic heterocycles. The molecule has 0 saturated heterocycles. The molecule has 1 N–H and O–H groups in total. The van der Waals surface area contributed by atoms with E-state index in [-0.39, 0.29) is 12.0 Å². The molecule has 3 aromatic rings. The van der Waals surface area contributed by atoms with Gasteiger partial charge in [-0.2, -0.15) is 0 Å². The zero-order valence-corrected chi connectivity index (χ0v) is 16.8. The molecule has 0 atom stereocenters. The lowest BCUT2D eigenvalue weighted by Gasteiger charge is -2.22. The van der Waals surface area contributed by atoms with E-state index in [0.717, 1.165) is 13.0 Å². The summed E-state index contributed by atoms with van der Waals surface area (Å²) in [7, 11) is 0. The number of rotatable bonds is 4. The van der Waals surface area contributed by atoms with Crippen LogP contribution in [0.4, 0.5) is 10.5 Å². The van der Waals surface area contributed by atoms with Gasteiger partial charge in [0.15, 0.2) is 0 Å². The van der Waals surface area contributed by atoms with Crippen LogP contribution >= 0.6 is 0 Å². The Hall–Kier alpha value is -3.28. The predicted octanol–water partition coefficient (Wildman–Crippen LogP) is 4.43. The van der Waals surface area contributed by atoms with Crippen molar-refractivity contribution >= 4 is 28.6 Å². The number of nitrogens with zero attached hydrogens (tertiary/aromatic N) is 2. The maximum absolute atomic E-state index is 12.9. The summed E-state index contributed by atoms with van der Waals surface area (Å²) in [6, 6.07) is 12.9. The lowest BCUT2D eigenvalue weighted by atomic mass is 10.1. The van der Waals surface area contributed by atoms with E-state index in [1.54, 1.807) is 31.2 Å². The summed E-state index contributed by atoms with van der Waals surface area (Å²) in [5.74, 6) is -0.361. The molecule has 1 aromatic heterocycles. The number of nitrogens with one attached hydrogen (secondary N) is 1. The molecule has 0 unspecified atom stereocenters. The number of esters is 1. The first-order chi connectivity index (χ1) is 14.1. The zero-order valence-electron chi connectivity index (χ0n) is 16.8. The number of aryl methyl sites for hydroxylation is 1. The van der Waals surface area contributed by atoms with Gasteiger partial charge < -0.3 is 19.5 Å². The van der Waals surface area contributed by atoms with E-state index in [4.69, 9.17) is 4.74 Å². The molecular weight excluding hydrogens is 366 g/mol. The number of urea groups is 1. The second-order valence-electron chi connectivity index (χ2n) is 7.15. The lowest BCUT2D eigenvalue weighted by Crippen LogP contribution is -2.35. The maximum Gasteiger partial charge on any atom is 0.338 e. The highest BCUT2D eigenvalue weighted by molar-refractivity contribution is 5.93. The summed E-state index contributed by atoms with van der Waals surface area (Å²) in [5, 5.41) is 4.22. The summed E-state index contributed by atoms with van der Waals surface area (Å²) in [6.45, 7) is 6.42. The first-order valence-electron chi connectivity index (χ1n) is 10.0. The van der Waals surface area contributed by atoms with Gasteiger partial charge in [-0.05, 0) is 61.7 Å². The molecule has 29 heavy (non-hydrogen) atoms. The monoisotopic (exact) mass is 391 g/mol. The molecular formula is C23H25N3O3. The number of carbonyl (C=O) groups is 2. The molecule has 2 aromatic carbocycles. The van der Waals surface area contributed by atoms with Crippen LogP contribution in [0.1, 0.15) is 35.3 Å². The van der Waals surface area contributed by atoms with E-state index in [1.807, 2.05) is 4.90 Å². The molecule has 1 aliphatic rings. The van der Waals surface area contributed by atoms with Crippen LogP contribution in [-0.4, -0.2) is 34.6 Å². The summed E-state index contributed by atoms with van der Waals surface area (Å²) in [6.07, 6.45) is 3.04. The number of hydrogen-bond acceptors (Lipinski definition) is 3. The molecule has 0 aliphatic carbocycles. The third kappa shape index (κ3) is 3.70. The fourth-order valence-corrected chi connectivity index (χ4v) is 3.92. The number of ether oxygens (including phenoxy) is 1. The zero-order chi connectivity index (χ0) is 20.4. The normalized spacial score (nSPS) is 13.2. The highest BCUT2D eigenvalue weighted by Gasteiger charge is 2.22. The highest BCUT2D eigenvalue weighted by Crippen LogP contribution is 2.29. The van der Waals surface area contributed by atoms with Crippen LogP contribution in [0.5, 0.6) is 0 Å². The van der Waals surface area contributed by atoms with E-state index in [2.05, 4.69) is 41.2 Å². The molecule has 0 spiro atoms. The summed E-state index contributed by atoms with van der Waals surface area (Å²) in [4.78, 5) is 26.5. The van der Waals surface area contributed by atoms with Crippen molar-refractivity contribution in [3.8, 4) is 0 Å². The third-order valence-corrected chi connectivity index (χ3v) is 5.36. The van der Waals surface area contributed by atoms with Crippen molar-refractivity contribution in [2.24, 2.45) is 0 Å². The first-order valence-corrected chi connectivity index (χ1v) is 10.0. The first kappa shape index (κ1) is 19.1. The van der Waals surface area contributed by atoms with Crippen molar-refractivity contribution in [2.45, 2.75) is 33.4 Å². The van der Waals surface area contributed by atoms with Crippen LogP contribution in [0.2, 0.25) is 0 Å². The topological polar surface area (TPSA) is 63.6 Å². The second-order valence-corrected chi connectivity index (χ2v) is 7.15. The van der Waals surface area contributed by atoms with Crippen molar-refractivity contribution in [3.05, 3.63) is 65.4 Å². The third-order valence-electron chi connectivity index (χ3n) is 5.36. The van der Waals surface area contributed by atoms with Crippen LogP contribution in [-0.2, 0) is 24.2 Å². The molecule has 6 nitrogen and oxygen atoms in total. The molecule has 0 fully saturated rings. The number of amides is 2. The number of aromatic nitrogens is 1. The van der Waals surface area contributed by atoms with E-state index < -0.39 is 0 Å². The van der Waals surface area contributed by atoms with E-state index in [0.29, 0.717) is 30.9 Å². The number of carbonyl (C=O) groups excluding carboxylic acids is 2. The second kappa shape index (κ2) is 7.99. The minimum atomic E-state index is -0.361. The molecule has 6 heteroatoms. The van der Waals surface area contributed by atoms with Gasteiger partial charge in [-0.25, -0.2) is 9.59 Å². The molecule has 4 rings (SSSR count). The van der Waals surface area contributed by atoms with Gasteiger partial charge in [0.05, 0.1) is 12.2 Å². The van der Waals surface area contributed by atoms with Crippen molar-refractivity contribution in [1.29, 1.82) is 0 Å². The van der Waals surface area contributed by atoms with E-state index in [1.165, 1.54) is 22.0 Å². The van der Waals surface area contributed by atoms with Crippen molar-refractivity contribution in [1.82, 2.24) is 9.47 Å². The minimum absolute atomic E-state index is 0.139. The Morgan fingerprint density at radius 2 is 1.86 bits per heavy atom. The van der Waals surface area contributed by atoms with Gasteiger partial charge in [0.2, 0.25) is 0 Å². The fourth-order valence-electron chi connectivity index (χ4n) is 3.92. The Labute approximate surface area is 170 Å². The maximum atomic E-state index is 12.9. The van der Waals surface area contributed by atoms with Gasteiger partial charge in [-0.15, -0.1) is 0 Å². The Morgan fingerprint density at radius 1 is 1.07 bits per heavy atom. The highest BCUT2D eigenvalue weighted by atomic mass is 16.5. The average molecular weight is 391 g/mol. The lowest BCUT2D eigenvalue weighted by molar-refractivity contribution is 0.0526. The Morgan fingerprint density at radius 3 is 2.59 bits per heavy atom. The Balaban J connectivity index is 1.50. The molecule has 0 saturated carbocycles. The largest absolute Gasteiger partial charge is 0.462 e. The van der Waals surface area contributed by atoms with E-state index >= 15 is 0 Å². The fraction of sp³-hybridized carbons (Fsp3) is 0.304. The van der Waals surface area contributed by atoms with Crippen LogP contribution in [0.3, 0.4) is 0 Å². The molecule has 2 heterocycles. The van der Waals surface area contributed by atoms with Crippen LogP contribution in [0.25, 0.3) is 10.9 Å². The number of anilines is 1. The SMILES string of the molecule is CCOC(=O)c1ccc(NC(=O)N2CCc3cn(CC)c4cccc(c34)C2)cc1. The van der Waals surface area contributed by atoms with Gasteiger partial charge in [-0.1, -0.05) is 12.1 Å². The Kier molecular flexibility index (Phi) is 5.25. The van der Waals surface area contributed by atoms with Gasteiger partial charge >= 0.3 is 12.0 Å². The van der Waals surface area contributed by atoms with Crippen molar-refractivity contribution in [2.75, 3.05) is 18.5 Å². The Bertz CT molecular complexity index is 1050. The van der Waals surface area contributed by atoms with E-state index in [9.17, 15) is 9.59 Å². The molecule has 150 valence electrons. The number of benzene rings is 2. The van der Waals surface area contributed by atoms with Gasteiger partial charge in [0.1, 0.15) is 0 Å². The van der Waals surface area contributed by atoms with Gasteiger partial charge in [0, 0.05) is 42.4 Å². The smallest absolute Gasteiger partial charge is 0.338 e.